The number of carboxylic acid groups (broad SMARTS) is 1. The van der Waals surface area contributed by atoms with Gasteiger partial charge in [0.15, 0.2) is 0 Å². The molecule has 0 aromatic heterocycles. The Balaban J connectivity index is 3.64. The highest BCUT2D eigenvalue weighted by molar-refractivity contribution is 5.70. The fraction of sp³-hybridized carbons (Fsp3) is 0.438. The molecule has 9 nitrogen and oxygen atoms in total. The molecule has 0 heterocycles. The number of aliphatic hydroxyl groups is 3. The molecule has 1 rings (SSSR count). The Morgan fingerprint density at radius 2 is 1.48 bits per heavy atom. The monoisotopic (exact) mass is 358 g/mol. The summed E-state index contributed by atoms with van der Waals surface area (Å²) >= 11 is 0. The maximum Gasteiger partial charge on any atom is 0.511 e. The van der Waals surface area contributed by atoms with Crippen LogP contribution in [0.15, 0.2) is 17.9 Å². The van der Waals surface area contributed by atoms with Gasteiger partial charge in [-0.3, -0.25) is 0 Å². The first-order chi connectivity index (χ1) is 11.9. The van der Waals surface area contributed by atoms with Crippen LogP contribution >= 0.6 is 0 Å². The molecule has 0 aliphatic carbocycles. The van der Waals surface area contributed by atoms with Gasteiger partial charge in [0, 0.05) is 12.1 Å². The van der Waals surface area contributed by atoms with Crippen molar-refractivity contribution in [3.05, 3.63) is 23.5 Å². The molecule has 0 aliphatic heterocycles. The van der Waals surface area contributed by atoms with E-state index in [0.717, 1.165) is 0 Å². The number of aliphatic hydroxyl groups excluding tert-OH is 3. The molecule has 0 unspecified atom stereocenters. The summed E-state index contributed by atoms with van der Waals surface area (Å²) in [5.41, 5.74) is -1.43. The number of rotatable bonds is 9. The van der Waals surface area contributed by atoms with E-state index in [0.29, 0.717) is 5.75 Å². The second kappa shape index (κ2) is 9.11. The second-order valence-corrected chi connectivity index (χ2v) is 5.08. The molecular formula is C16H22O9. The van der Waals surface area contributed by atoms with Gasteiger partial charge < -0.3 is 39.4 Å². The van der Waals surface area contributed by atoms with Crippen LogP contribution in [-0.2, 0) is 4.74 Å². The van der Waals surface area contributed by atoms with Gasteiger partial charge in [0.25, 0.3) is 0 Å². The maximum atomic E-state index is 11.0. The third-order valence-corrected chi connectivity index (χ3v) is 3.66. The van der Waals surface area contributed by atoms with Crippen molar-refractivity contribution in [3.8, 4) is 17.2 Å². The molecule has 140 valence electrons. The van der Waals surface area contributed by atoms with Gasteiger partial charge in [-0.2, -0.15) is 0 Å². The van der Waals surface area contributed by atoms with Gasteiger partial charge >= 0.3 is 6.16 Å². The van der Waals surface area contributed by atoms with E-state index in [-0.39, 0.29) is 22.8 Å². The first-order valence-electron chi connectivity index (χ1n) is 7.16. The Morgan fingerprint density at radius 3 is 1.80 bits per heavy atom. The van der Waals surface area contributed by atoms with E-state index < -0.39 is 31.4 Å². The number of hydrogen-bond acceptors (Lipinski definition) is 8. The molecular weight excluding hydrogens is 336 g/mol. The lowest BCUT2D eigenvalue weighted by Gasteiger charge is -2.29. The zero-order chi connectivity index (χ0) is 19.0. The maximum absolute atomic E-state index is 11.0. The summed E-state index contributed by atoms with van der Waals surface area (Å²) in [4.78, 5) is 11.0. The topological polar surface area (TPSA) is 135 Å². The number of carbonyl (C=O) groups is 1. The molecule has 0 radical (unpaired) electrons. The minimum Gasteiger partial charge on any atom is -0.496 e. The van der Waals surface area contributed by atoms with Crippen molar-refractivity contribution in [2.45, 2.75) is 0 Å². The summed E-state index contributed by atoms with van der Waals surface area (Å²) in [6.45, 7) is -2.25. The van der Waals surface area contributed by atoms with Crippen LogP contribution in [0, 0.1) is 5.41 Å². The van der Waals surface area contributed by atoms with Gasteiger partial charge in [-0.25, -0.2) is 4.79 Å². The van der Waals surface area contributed by atoms with E-state index in [1.54, 1.807) is 0 Å². The molecule has 0 bridgehead atoms. The van der Waals surface area contributed by atoms with E-state index in [4.69, 9.17) is 24.1 Å². The quantitative estimate of drug-likeness (QED) is 0.372. The molecule has 25 heavy (non-hydrogen) atoms. The van der Waals surface area contributed by atoms with E-state index in [2.05, 4.69) is 0 Å². The van der Waals surface area contributed by atoms with Crippen molar-refractivity contribution < 1.29 is 44.2 Å². The minimum atomic E-state index is -1.71. The molecule has 0 saturated heterocycles. The van der Waals surface area contributed by atoms with E-state index in [1.807, 2.05) is 0 Å². The van der Waals surface area contributed by atoms with Gasteiger partial charge in [-0.15, -0.1) is 0 Å². The van der Waals surface area contributed by atoms with Gasteiger partial charge in [-0.05, 0) is 6.08 Å². The van der Waals surface area contributed by atoms with E-state index >= 15 is 0 Å². The van der Waals surface area contributed by atoms with Crippen molar-refractivity contribution in [2.75, 3.05) is 41.2 Å². The SMILES string of the molecule is COc1cc(OC)c(C=C(OC(=O)O)C(CO)(CO)CO)c(OC)c1. The Morgan fingerprint density at radius 1 is 1.00 bits per heavy atom. The van der Waals surface area contributed by atoms with Crippen LogP contribution in [0.3, 0.4) is 0 Å². The van der Waals surface area contributed by atoms with Crippen LogP contribution in [0.5, 0.6) is 17.2 Å². The summed E-state index contributed by atoms with van der Waals surface area (Å²) in [7, 11) is 4.23. The van der Waals surface area contributed by atoms with E-state index in [9.17, 15) is 20.1 Å². The average molecular weight is 358 g/mol. The van der Waals surface area contributed by atoms with Gasteiger partial charge in [0.05, 0.1) is 52.1 Å². The Hall–Kier alpha value is -2.49. The Labute approximate surface area is 144 Å². The van der Waals surface area contributed by atoms with Crippen LogP contribution in [0.1, 0.15) is 5.56 Å². The molecule has 0 spiro atoms. The normalized spacial score (nSPS) is 11.8. The first-order valence-corrected chi connectivity index (χ1v) is 7.16. The van der Waals surface area contributed by atoms with E-state index in [1.165, 1.54) is 39.5 Å². The fourth-order valence-corrected chi connectivity index (χ4v) is 2.07. The molecule has 0 aliphatic rings. The Kier molecular flexibility index (Phi) is 7.49. The predicted molar refractivity (Wildman–Crippen MR) is 86.9 cm³/mol. The third-order valence-electron chi connectivity index (χ3n) is 3.66. The minimum absolute atomic E-state index is 0.269. The lowest BCUT2D eigenvalue weighted by atomic mass is 9.87. The molecule has 1 aromatic rings. The molecule has 0 fully saturated rings. The van der Waals surface area contributed by atoms with Crippen molar-refractivity contribution in [1.82, 2.24) is 0 Å². The Bertz CT molecular complexity index is 587. The lowest BCUT2D eigenvalue weighted by molar-refractivity contribution is -0.00460. The largest absolute Gasteiger partial charge is 0.511 e. The molecule has 9 heteroatoms. The van der Waals surface area contributed by atoms with Crippen LogP contribution in [0.25, 0.3) is 6.08 Å². The zero-order valence-corrected chi connectivity index (χ0v) is 14.2. The number of ether oxygens (including phenoxy) is 4. The molecule has 0 saturated carbocycles. The number of benzene rings is 1. The smallest absolute Gasteiger partial charge is 0.496 e. The number of hydrogen-bond donors (Lipinski definition) is 4. The molecule has 1 aromatic carbocycles. The van der Waals surface area contributed by atoms with Crippen LogP contribution in [0.2, 0.25) is 0 Å². The van der Waals surface area contributed by atoms with Crippen molar-refractivity contribution in [1.29, 1.82) is 0 Å². The molecule has 0 amide bonds. The standard InChI is InChI=1S/C16H22O9/c1-22-10-4-12(23-2)11(13(5-10)24-3)6-14(25-15(20)21)16(7-17,8-18)9-19/h4-6,17-19H,7-9H2,1-3H3,(H,20,21). The summed E-state index contributed by atoms with van der Waals surface area (Å²) in [6.07, 6.45) is -0.453. The third kappa shape index (κ3) is 4.53. The van der Waals surface area contributed by atoms with Gasteiger partial charge in [-0.1, -0.05) is 0 Å². The van der Waals surface area contributed by atoms with Crippen molar-refractivity contribution in [2.24, 2.45) is 5.41 Å². The highest BCUT2D eigenvalue weighted by atomic mass is 16.7. The van der Waals surface area contributed by atoms with Crippen LogP contribution in [0.4, 0.5) is 4.79 Å². The average Bonchev–Trinajstić information content (AvgIpc) is 2.62. The van der Waals surface area contributed by atoms with Gasteiger partial charge in [0.1, 0.15) is 23.0 Å². The summed E-state index contributed by atoms with van der Waals surface area (Å²) < 4.78 is 20.3. The highest BCUT2D eigenvalue weighted by Crippen LogP contribution is 2.38. The molecule has 4 N–H and O–H groups in total. The number of methoxy groups -OCH3 is 3. The van der Waals surface area contributed by atoms with Crippen molar-refractivity contribution >= 4 is 12.2 Å². The summed E-state index contributed by atoms with van der Waals surface area (Å²) in [5, 5.41) is 37.6. The van der Waals surface area contributed by atoms with Gasteiger partial charge in [0.2, 0.25) is 0 Å². The van der Waals surface area contributed by atoms with Crippen LogP contribution < -0.4 is 14.2 Å². The lowest BCUT2D eigenvalue weighted by Crippen LogP contribution is -2.37. The fourth-order valence-electron chi connectivity index (χ4n) is 2.07. The highest BCUT2D eigenvalue weighted by Gasteiger charge is 2.37. The predicted octanol–water partition coefficient (Wildman–Crippen LogP) is 0.711. The molecule has 0 atom stereocenters. The first kappa shape index (κ1) is 20.6. The van der Waals surface area contributed by atoms with Crippen LogP contribution in [-0.4, -0.2) is 67.7 Å². The zero-order valence-electron chi connectivity index (χ0n) is 14.2. The second-order valence-electron chi connectivity index (χ2n) is 5.08. The van der Waals surface area contributed by atoms with Crippen molar-refractivity contribution in [3.63, 3.8) is 0 Å². The summed E-state index contributed by atoms with van der Waals surface area (Å²) in [5.74, 6) is 0.606. The summed E-state index contributed by atoms with van der Waals surface area (Å²) in [6, 6.07) is 3.07.